The molecule has 2 fully saturated rings. The summed E-state index contributed by atoms with van der Waals surface area (Å²) in [4.78, 5) is 12.6. The fraction of sp³-hybridized carbons (Fsp3) is 0.611. The molecule has 4 nitrogen and oxygen atoms in total. The summed E-state index contributed by atoms with van der Waals surface area (Å²) >= 11 is 0. The Labute approximate surface area is 132 Å². The minimum Gasteiger partial charge on any atom is -0.364 e. The molecule has 1 heterocycles. The van der Waals surface area contributed by atoms with E-state index in [-0.39, 0.29) is 24.2 Å². The second-order valence-electron chi connectivity index (χ2n) is 6.50. The summed E-state index contributed by atoms with van der Waals surface area (Å²) in [7, 11) is 0. The zero-order valence-electron chi connectivity index (χ0n) is 13.0. The van der Waals surface area contributed by atoms with Gasteiger partial charge in [0, 0.05) is 6.54 Å². The molecule has 2 aliphatic rings. The maximum Gasteiger partial charge on any atom is 0.249 e. The number of amides is 1. The highest BCUT2D eigenvalue weighted by molar-refractivity contribution is 5.81. The molecule has 4 heteroatoms. The van der Waals surface area contributed by atoms with Gasteiger partial charge in [-0.2, -0.15) is 0 Å². The molecular weight excluding hydrogens is 276 g/mol. The van der Waals surface area contributed by atoms with E-state index < -0.39 is 0 Å². The van der Waals surface area contributed by atoms with Crippen molar-refractivity contribution in [3.63, 3.8) is 0 Å². The number of hydrogen-bond donors (Lipinski definition) is 2. The van der Waals surface area contributed by atoms with Crippen molar-refractivity contribution in [1.29, 1.82) is 0 Å². The largest absolute Gasteiger partial charge is 0.364 e. The first-order valence-corrected chi connectivity index (χ1v) is 8.49. The van der Waals surface area contributed by atoms with Gasteiger partial charge in [-0.15, -0.1) is 0 Å². The number of nitrogens with two attached hydrogens (primary N) is 1. The number of carbonyl (C=O) groups is 1. The molecular formula is C18H26N2O2. The fourth-order valence-corrected chi connectivity index (χ4v) is 3.74. The zero-order chi connectivity index (χ0) is 15.4. The lowest BCUT2D eigenvalue weighted by Gasteiger charge is -2.26. The Hall–Kier alpha value is -1.39. The molecule has 1 amide bonds. The summed E-state index contributed by atoms with van der Waals surface area (Å²) in [5.74, 6) is 0.565. The minimum atomic E-state index is -0.332. The first kappa shape index (κ1) is 15.5. The molecule has 0 spiro atoms. The highest BCUT2D eigenvalue weighted by Crippen LogP contribution is 2.36. The van der Waals surface area contributed by atoms with E-state index in [1.54, 1.807) is 0 Å². The number of rotatable bonds is 5. The van der Waals surface area contributed by atoms with Crippen LogP contribution in [0.2, 0.25) is 0 Å². The lowest BCUT2D eigenvalue weighted by Crippen LogP contribution is -2.40. The van der Waals surface area contributed by atoms with Gasteiger partial charge in [-0.05, 0) is 37.2 Å². The van der Waals surface area contributed by atoms with E-state index in [4.69, 9.17) is 10.5 Å². The first-order chi connectivity index (χ1) is 10.8. The van der Waals surface area contributed by atoms with Crippen molar-refractivity contribution in [2.75, 3.05) is 6.54 Å². The fourth-order valence-electron chi connectivity index (χ4n) is 3.74. The lowest BCUT2D eigenvalue weighted by molar-refractivity contribution is -0.133. The van der Waals surface area contributed by atoms with Gasteiger partial charge in [0.15, 0.2) is 0 Å². The quantitative estimate of drug-likeness (QED) is 0.878. The van der Waals surface area contributed by atoms with Gasteiger partial charge in [-0.25, -0.2) is 0 Å². The van der Waals surface area contributed by atoms with Crippen LogP contribution in [-0.2, 0) is 9.53 Å². The Kier molecular flexibility index (Phi) is 5.11. The van der Waals surface area contributed by atoms with E-state index >= 15 is 0 Å². The smallest absolute Gasteiger partial charge is 0.249 e. The molecule has 3 rings (SSSR count). The standard InChI is InChI=1S/C18H26N2O2/c19-12-15-10-11-16(22-15)18(21)20-17(14-8-4-5-9-14)13-6-2-1-3-7-13/h1-3,6-7,14-17H,4-5,8-12,19H2,(H,20,21)/t15-,16+,17?/m1/s1. The molecule has 1 aliphatic carbocycles. The van der Waals surface area contributed by atoms with Gasteiger partial charge < -0.3 is 15.8 Å². The molecule has 1 aromatic carbocycles. The number of nitrogens with one attached hydrogen (secondary N) is 1. The molecule has 1 saturated heterocycles. The molecule has 3 atom stereocenters. The van der Waals surface area contributed by atoms with Crippen LogP contribution in [0.5, 0.6) is 0 Å². The first-order valence-electron chi connectivity index (χ1n) is 8.49. The van der Waals surface area contributed by atoms with Crippen LogP contribution >= 0.6 is 0 Å². The normalized spacial score (nSPS) is 27.0. The van der Waals surface area contributed by atoms with Gasteiger partial charge >= 0.3 is 0 Å². The highest BCUT2D eigenvalue weighted by Gasteiger charge is 2.33. The lowest BCUT2D eigenvalue weighted by atomic mass is 9.91. The van der Waals surface area contributed by atoms with Crippen LogP contribution in [-0.4, -0.2) is 24.7 Å². The van der Waals surface area contributed by atoms with E-state index in [1.165, 1.54) is 31.2 Å². The molecule has 1 saturated carbocycles. The molecule has 0 aromatic heterocycles. The van der Waals surface area contributed by atoms with Gasteiger partial charge in [-0.1, -0.05) is 43.2 Å². The number of benzene rings is 1. The van der Waals surface area contributed by atoms with E-state index in [2.05, 4.69) is 17.4 Å². The third-order valence-electron chi connectivity index (χ3n) is 4.99. The van der Waals surface area contributed by atoms with Gasteiger partial charge in [0.1, 0.15) is 6.10 Å². The van der Waals surface area contributed by atoms with E-state index in [9.17, 15) is 4.79 Å². The van der Waals surface area contributed by atoms with E-state index in [0.717, 1.165) is 12.8 Å². The van der Waals surface area contributed by atoms with E-state index in [1.807, 2.05) is 18.2 Å². The topological polar surface area (TPSA) is 64.4 Å². The minimum absolute atomic E-state index is 0.0247. The van der Waals surface area contributed by atoms with Crippen LogP contribution in [0, 0.1) is 5.92 Å². The van der Waals surface area contributed by atoms with Crippen molar-refractivity contribution in [2.45, 2.75) is 56.8 Å². The van der Waals surface area contributed by atoms with Crippen LogP contribution in [0.25, 0.3) is 0 Å². The van der Waals surface area contributed by atoms with Gasteiger partial charge in [0.2, 0.25) is 5.91 Å². The zero-order valence-corrected chi connectivity index (χ0v) is 13.0. The Balaban J connectivity index is 1.69. The van der Waals surface area contributed by atoms with Crippen molar-refractivity contribution < 1.29 is 9.53 Å². The van der Waals surface area contributed by atoms with Gasteiger partial charge in [-0.3, -0.25) is 4.79 Å². The number of hydrogen-bond acceptors (Lipinski definition) is 3. The summed E-state index contributed by atoms with van der Waals surface area (Å²) in [6, 6.07) is 10.4. The second kappa shape index (κ2) is 7.25. The molecule has 3 N–H and O–H groups in total. The van der Waals surface area contributed by atoms with Crippen LogP contribution in [0.4, 0.5) is 0 Å². The van der Waals surface area contributed by atoms with Crippen molar-refractivity contribution in [3.8, 4) is 0 Å². The third kappa shape index (κ3) is 3.50. The Morgan fingerprint density at radius 2 is 1.91 bits per heavy atom. The average molecular weight is 302 g/mol. The summed E-state index contributed by atoms with van der Waals surface area (Å²) in [6.07, 6.45) is 6.28. The molecule has 1 unspecified atom stereocenters. The van der Waals surface area contributed by atoms with Crippen molar-refractivity contribution in [3.05, 3.63) is 35.9 Å². The summed E-state index contributed by atoms with van der Waals surface area (Å²) in [6.45, 7) is 0.495. The predicted molar refractivity (Wildman–Crippen MR) is 86.2 cm³/mol. The van der Waals surface area contributed by atoms with Crippen LogP contribution < -0.4 is 11.1 Å². The predicted octanol–water partition coefficient (Wildman–Crippen LogP) is 2.54. The van der Waals surface area contributed by atoms with Gasteiger partial charge in [0.05, 0.1) is 12.1 Å². The maximum atomic E-state index is 12.6. The van der Waals surface area contributed by atoms with Crippen molar-refractivity contribution in [1.82, 2.24) is 5.32 Å². The maximum absolute atomic E-state index is 12.6. The Morgan fingerprint density at radius 3 is 2.55 bits per heavy atom. The monoisotopic (exact) mass is 302 g/mol. The number of carbonyl (C=O) groups excluding carboxylic acids is 1. The molecule has 120 valence electrons. The molecule has 1 aliphatic heterocycles. The molecule has 22 heavy (non-hydrogen) atoms. The van der Waals surface area contributed by atoms with Gasteiger partial charge in [0.25, 0.3) is 0 Å². The Bertz CT molecular complexity index is 485. The molecule has 1 aromatic rings. The third-order valence-corrected chi connectivity index (χ3v) is 4.99. The number of ether oxygens (including phenoxy) is 1. The van der Waals surface area contributed by atoms with Crippen molar-refractivity contribution in [2.24, 2.45) is 11.7 Å². The Morgan fingerprint density at radius 1 is 1.18 bits per heavy atom. The summed E-state index contributed by atoms with van der Waals surface area (Å²) in [5, 5.41) is 3.26. The second-order valence-corrected chi connectivity index (χ2v) is 6.50. The van der Waals surface area contributed by atoms with Crippen LogP contribution in [0.3, 0.4) is 0 Å². The SMILES string of the molecule is NC[C@H]1CC[C@@H](C(=O)NC(c2ccccc2)C2CCCC2)O1. The molecule has 0 radical (unpaired) electrons. The molecule has 0 bridgehead atoms. The highest BCUT2D eigenvalue weighted by atomic mass is 16.5. The van der Waals surface area contributed by atoms with Crippen molar-refractivity contribution >= 4 is 5.91 Å². The summed E-state index contributed by atoms with van der Waals surface area (Å²) < 4.78 is 5.73. The summed E-state index contributed by atoms with van der Waals surface area (Å²) in [5.41, 5.74) is 6.84. The average Bonchev–Trinajstić information content (AvgIpc) is 3.24. The van der Waals surface area contributed by atoms with Crippen LogP contribution in [0.1, 0.15) is 50.1 Å². The van der Waals surface area contributed by atoms with E-state index in [0.29, 0.717) is 12.5 Å². The van der Waals surface area contributed by atoms with Crippen LogP contribution in [0.15, 0.2) is 30.3 Å².